The van der Waals surface area contributed by atoms with Gasteiger partial charge >= 0.3 is 0 Å². The third kappa shape index (κ3) is 7.45. The first kappa shape index (κ1) is 31.6. The van der Waals surface area contributed by atoms with Crippen LogP contribution in [-0.4, -0.2) is 23.9 Å². The van der Waals surface area contributed by atoms with Crippen molar-refractivity contribution >= 4 is 40.6 Å². The van der Waals surface area contributed by atoms with Crippen molar-refractivity contribution in [2.45, 2.75) is 40.4 Å². The summed E-state index contributed by atoms with van der Waals surface area (Å²) in [6, 6.07) is 31.2. The number of aromatic nitrogens is 1. The van der Waals surface area contributed by atoms with Gasteiger partial charge in [-0.1, -0.05) is 84.3 Å². The number of aliphatic hydroxyl groups is 1. The van der Waals surface area contributed by atoms with Crippen LogP contribution < -0.4 is 5.19 Å². The van der Waals surface area contributed by atoms with Crippen LogP contribution in [0.15, 0.2) is 90.8 Å². The zero-order valence-electron chi connectivity index (χ0n) is 24.2. The van der Waals surface area contributed by atoms with Crippen LogP contribution in [0.25, 0.3) is 43.9 Å². The van der Waals surface area contributed by atoms with Gasteiger partial charge < -0.3 is 5.11 Å². The average molecular weight is 734 g/mol. The number of rotatable bonds is 4. The summed E-state index contributed by atoms with van der Waals surface area (Å²) in [4.78, 5) is 14.7. The fourth-order valence-corrected chi connectivity index (χ4v) is 5.92. The second-order valence-electron chi connectivity index (χ2n) is 11.0. The maximum atomic E-state index is 10.0. The Hall–Kier alpha value is -3.88. The molecule has 1 heterocycles. The molecule has 0 aliphatic heterocycles. The zero-order valence-corrected chi connectivity index (χ0v) is 27.6. The van der Waals surface area contributed by atoms with Gasteiger partial charge in [0.15, 0.2) is 5.78 Å². The van der Waals surface area contributed by atoms with Gasteiger partial charge in [0.2, 0.25) is 0 Å². The van der Waals surface area contributed by atoms with Crippen LogP contribution in [0.2, 0.25) is 19.6 Å². The Labute approximate surface area is 256 Å². The average Bonchev–Trinajstić information content (AvgIpc) is 2.91. The maximum Gasteiger partial charge on any atom is 0.155 e. The van der Waals surface area contributed by atoms with Crippen molar-refractivity contribution in [2.24, 2.45) is 0 Å². The Morgan fingerprint density at radius 1 is 0.976 bits per heavy atom. The molecule has 1 N–H and O–H groups in total. The Morgan fingerprint density at radius 3 is 2.24 bits per heavy atom. The van der Waals surface area contributed by atoms with Crippen LogP contribution in [0.1, 0.15) is 25.0 Å². The van der Waals surface area contributed by atoms with E-state index in [0.29, 0.717) is 5.56 Å². The first-order chi connectivity index (χ1) is 19.0. The molecule has 5 rings (SSSR count). The summed E-state index contributed by atoms with van der Waals surface area (Å²) in [6.07, 6.45) is 3.01. The minimum Gasteiger partial charge on any atom is -0.512 e. The van der Waals surface area contributed by atoms with E-state index in [1.807, 2.05) is 36.5 Å². The summed E-state index contributed by atoms with van der Waals surface area (Å²) >= 11 is 0. The Kier molecular flexibility index (Phi) is 10.2. The van der Waals surface area contributed by atoms with Crippen molar-refractivity contribution in [3.05, 3.63) is 108 Å². The molecule has 0 aliphatic rings. The Morgan fingerprint density at radius 2 is 1.66 bits per heavy atom. The molecule has 1 aromatic heterocycles. The first-order valence-electron chi connectivity index (χ1n) is 13.2. The number of nitrogens with zero attached hydrogens (tertiary/aromatic N) is 2. The van der Waals surface area contributed by atoms with Gasteiger partial charge in [-0.05, 0) is 65.9 Å². The predicted octanol–water partition coefficient (Wildman–Crippen LogP) is 8.28. The molecule has 0 saturated heterocycles. The molecule has 0 unspecified atom stereocenters. The van der Waals surface area contributed by atoms with Crippen LogP contribution in [0.5, 0.6) is 0 Å². The fraction of sp³-hybridized carbons (Fsp3) is 0.171. The van der Waals surface area contributed by atoms with Crippen molar-refractivity contribution in [1.82, 2.24) is 4.98 Å². The number of benzene rings is 4. The molecule has 0 amide bonds. The van der Waals surface area contributed by atoms with E-state index in [2.05, 4.69) is 81.2 Å². The van der Waals surface area contributed by atoms with Gasteiger partial charge in [0.25, 0.3) is 0 Å². The van der Waals surface area contributed by atoms with Crippen molar-refractivity contribution in [1.29, 1.82) is 5.26 Å². The van der Waals surface area contributed by atoms with Gasteiger partial charge in [-0.2, -0.15) is 5.26 Å². The van der Waals surface area contributed by atoms with Gasteiger partial charge in [-0.3, -0.25) is 9.78 Å². The van der Waals surface area contributed by atoms with E-state index in [0.717, 1.165) is 32.8 Å². The number of hydrogen-bond acceptors (Lipinski definition) is 4. The minimum atomic E-state index is -1.32. The molecule has 0 aliphatic carbocycles. The molecule has 0 fully saturated rings. The van der Waals surface area contributed by atoms with Gasteiger partial charge in [0, 0.05) is 38.1 Å². The zero-order chi connectivity index (χ0) is 29.0. The molecular formula is C35H33IrN2O2Si-. The van der Waals surface area contributed by atoms with Crippen molar-refractivity contribution in [2.75, 3.05) is 0 Å². The monoisotopic (exact) mass is 734 g/mol. The molecule has 6 heteroatoms. The second kappa shape index (κ2) is 13.2. The summed E-state index contributed by atoms with van der Waals surface area (Å²) in [6.45, 7) is 12.1. The summed E-state index contributed by atoms with van der Waals surface area (Å²) < 4.78 is 0. The molecule has 209 valence electrons. The number of pyridine rings is 1. The van der Waals surface area contributed by atoms with Crippen molar-refractivity contribution in [3.8, 4) is 28.5 Å². The van der Waals surface area contributed by atoms with E-state index in [4.69, 9.17) is 10.1 Å². The standard InChI is InChI=1S/C30H25N2Si.C5H8O2.Ir/c1-20-15-29-23(18-28(20)21-9-11-26(12-10-21)33(2,3)4)13-14-32-30(29)24-16-22-7-5-6-8-27(22)25(17-24)19-31;1-4(6)3-5(2)7;/h5-15,17-18H,1-4H3;3,6H,1-2H3;/q-1;;/b;4-3-;. The smallest absolute Gasteiger partial charge is 0.155 e. The topological polar surface area (TPSA) is 74.0 Å². The number of aryl methyl sites for hydroxylation is 1. The van der Waals surface area contributed by atoms with E-state index >= 15 is 0 Å². The number of fused-ring (bicyclic) bond motifs is 2. The number of hydrogen-bond donors (Lipinski definition) is 1. The maximum absolute atomic E-state index is 10.0. The van der Waals surface area contributed by atoms with Gasteiger partial charge in [-0.25, -0.2) is 0 Å². The Balaban J connectivity index is 0.000000516. The van der Waals surface area contributed by atoms with Gasteiger partial charge in [-0.15, -0.1) is 23.6 Å². The Bertz CT molecular complexity index is 1790. The summed E-state index contributed by atoms with van der Waals surface area (Å²) in [5.74, 6) is -0.0625. The van der Waals surface area contributed by atoms with E-state index in [9.17, 15) is 10.1 Å². The van der Waals surface area contributed by atoms with Crippen molar-refractivity contribution in [3.63, 3.8) is 0 Å². The number of aliphatic hydroxyl groups excluding tert-OH is 1. The summed E-state index contributed by atoms with van der Waals surface area (Å²) in [7, 11) is -1.32. The van der Waals surface area contributed by atoms with Crippen molar-refractivity contribution < 1.29 is 30.0 Å². The van der Waals surface area contributed by atoms with E-state index in [1.165, 1.54) is 41.8 Å². The molecule has 0 saturated carbocycles. The van der Waals surface area contributed by atoms with Crippen LogP contribution in [0.3, 0.4) is 0 Å². The third-order valence-electron chi connectivity index (χ3n) is 6.73. The summed E-state index contributed by atoms with van der Waals surface area (Å²) in [5, 5.41) is 23.6. The quantitative estimate of drug-likeness (QED) is 0.0874. The summed E-state index contributed by atoms with van der Waals surface area (Å²) in [5.41, 5.74) is 6.04. The number of carbonyl (C=O) groups excluding carboxylic acids is 1. The fourth-order valence-electron chi connectivity index (χ4n) is 4.75. The van der Waals surface area contributed by atoms with Crippen LogP contribution in [0.4, 0.5) is 0 Å². The number of carbonyl (C=O) groups is 1. The molecule has 1 radical (unpaired) electrons. The molecule has 5 aromatic rings. The van der Waals surface area contributed by atoms with Gasteiger partial charge in [0.1, 0.15) is 0 Å². The molecular weight excluding hydrogens is 701 g/mol. The predicted molar refractivity (Wildman–Crippen MR) is 168 cm³/mol. The molecule has 4 nitrogen and oxygen atoms in total. The molecule has 0 atom stereocenters. The third-order valence-corrected chi connectivity index (χ3v) is 8.80. The second-order valence-corrected chi connectivity index (χ2v) is 16.1. The SMILES string of the molecule is CC(=O)/C=C(/C)O.Cc1cc2c(-c3[c-]c4ccccc4c(C#N)c3)nccc2cc1-c1ccc([Si](C)(C)C)cc1.[Ir]. The largest absolute Gasteiger partial charge is 0.512 e. The molecule has 41 heavy (non-hydrogen) atoms. The first-order valence-corrected chi connectivity index (χ1v) is 16.7. The normalized spacial score (nSPS) is 11.3. The van der Waals surface area contributed by atoms with Gasteiger partial charge in [0.05, 0.1) is 19.9 Å². The van der Waals surface area contributed by atoms with Crippen LogP contribution >= 0.6 is 0 Å². The van der Waals surface area contributed by atoms with E-state index in [-0.39, 0.29) is 31.6 Å². The number of ketones is 1. The molecule has 0 bridgehead atoms. The van der Waals surface area contributed by atoms with E-state index < -0.39 is 8.07 Å². The number of allylic oxidation sites excluding steroid dienone is 2. The minimum absolute atomic E-state index is 0. The van der Waals surface area contributed by atoms with Crippen LogP contribution in [0, 0.1) is 24.3 Å². The van der Waals surface area contributed by atoms with E-state index in [1.54, 1.807) is 0 Å². The molecule has 0 spiro atoms. The number of nitriles is 1. The van der Waals surface area contributed by atoms with Crippen LogP contribution in [-0.2, 0) is 24.9 Å². The molecule has 4 aromatic carbocycles.